The SMILES string of the molecule is CCCC(Cl)CNc1ncc(I)cn1. The highest BCUT2D eigenvalue weighted by molar-refractivity contribution is 14.1. The zero-order valence-corrected chi connectivity index (χ0v) is 10.9. The first kappa shape index (κ1) is 12.0. The van der Waals surface area contributed by atoms with E-state index in [9.17, 15) is 0 Å². The summed E-state index contributed by atoms with van der Waals surface area (Å²) < 4.78 is 1.03. The Hall–Kier alpha value is -0.100. The van der Waals surface area contributed by atoms with Crippen LogP contribution in [0, 0.1) is 3.57 Å². The summed E-state index contributed by atoms with van der Waals surface area (Å²) in [5, 5.41) is 3.25. The average molecular weight is 326 g/mol. The van der Waals surface area contributed by atoms with Gasteiger partial charge in [0.05, 0.1) is 5.38 Å². The second-order valence-corrected chi connectivity index (χ2v) is 4.85. The highest BCUT2D eigenvalue weighted by atomic mass is 127. The molecule has 0 aliphatic rings. The summed E-state index contributed by atoms with van der Waals surface area (Å²) in [6.45, 7) is 2.84. The number of hydrogen-bond donors (Lipinski definition) is 1. The van der Waals surface area contributed by atoms with E-state index in [4.69, 9.17) is 11.6 Å². The van der Waals surface area contributed by atoms with Crippen LogP contribution in [-0.2, 0) is 0 Å². The first-order valence-electron chi connectivity index (χ1n) is 4.58. The van der Waals surface area contributed by atoms with Crippen molar-refractivity contribution < 1.29 is 0 Å². The first-order chi connectivity index (χ1) is 6.72. The molecule has 0 fully saturated rings. The first-order valence-corrected chi connectivity index (χ1v) is 6.09. The normalized spacial score (nSPS) is 12.5. The van der Waals surface area contributed by atoms with Crippen LogP contribution in [0.2, 0.25) is 0 Å². The van der Waals surface area contributed by atoms with Gasteiger partial charge < -0.3 is 5.32 Å². The largest absolute Gasteiger partial charge is 0.353 e. The molecule has 1 aromatic heterocycles. The van der Waals surface area contributed by atoms with Gasteiger partial charge in [-0.3, -0.25) is 0 Å². The molecule has 1 heterocycles. The molecular weight excluding hydrogens is 312 g/mol. The van der Waals surface area contributed by atoms with Gasteiger partial charge in [0.2, 0.25) is 5.95 Å². The van der Waals surface area contributed by atoms with E-state index in [1.54, 1.807) is 12.4 Å². The standard InChI is InChI=1S/C9H13ClIN3/c1-2-3-7(10)4-12-9-13-5-8(11)6-14-9/h5-7H,2-4H2,1H3,(H,12,13,14). The summed E-state index contributed by atoms with van der Waals surface area (Å²) in [5.41, 5.74) is 0. The summed E-state index contributed by atoms with van der Waals surface area (Å²) >= 11 is 8.22. The molecule has 0 bridgehead atoms. The van der Waals surface area contributed by atoms with Gasteiger partial charge in [0.25, 0.3) is 0 Å². The molecule has 14 heavy (non-hydrogen) atoms. The number of nitrogens with zero attached hydrogens (tertiary/aromatic N) is 2. The Labute approximate surface area is 103 Å². The molecule has 0 saturated carbocycles. The number of hydrogen-bond acceptors (Lipinski definition) is 3. The minimum absolute atomic E-state index is 0.155. The second-order valence-electron chi connectivity index (χ2n) is 2.99. The third-order valence-electron chi connectivity index (χ3n) is 1.70. The van der Waals surface area contributed by atoms with E-state index in [0.717, 1.165) is 23.0 Å². The van der Waals surface area contributed by atoms with Gasteiger partial charge in [-0.25, -0.2) is 9.97 Å². The molecule has 1 aromatic rings. The fourth-order valence-corrected chi connectivity index (χ4v) is 1.59. The molecule has 1 N–H and O–H groups in total. The lowest BCUT2D eigenvalue weighted by Crippen LogP contribution is -2.15. The van der Waals surface area contributed by atoms with Crippen molar-refractivity contribution in [1.82, 2.24) is 9.97 Å². The van der Waals surface area contributed by atoms with E-state index >= 15 is 0 Å². The third-order valence-corrected chi connectivity index (χ3v) is 2.63. The fraction of sp³-hybridized carbons (Fsp3) is 0.556. The lowest BCUT2D eigenvalue weighted by atomic mass is 10.2. The van der Waals surface area contributed by atoms with Gasteiger partial charge in [-0.05, 0) is 29.0 Å². The van der Waals surface area contributed by atoms with Gasteiger partial charge in [-0.15, -0.1) is 11.6 Å². The average Bonchev–Trinajstić information content (AvgIpc) is 2.17. The maximum Gasteiger partial charge on any atom is 0.222 e. The lowest BCUT2D eigenvalue weighted by molar-refractivity contribution is 0.748. The Morgan fingerprint density at radius 2 is 2.14 bits per heavy atom. The molecule has 0 radical (unpaired) electrons. The topological polar surface area (TPSA) is 37.8 Å². The number of nitrogens with one attached hydrogen (secondary N) is 1. The molecule has 0 spiro atoms. The van der Waals surface area contributed by atoms with Crippen LogP contribution in [0.5, 0.6) is 0 Å². The molecule has 0 aliphatic heterocycles. The van der Waals surface area contributed by atoms with Crippen molar-refractivity contribution in [2.75, 3.05) is 11.9 Å². The van der Waals surface area contributed by atoms with Gasteiger partial charge >= 0.3 is 0 Å². The summed E-state index contributed by atoms with van der Waals surface area (Å²) in [6, 6.07) is 0. The van der Waals surface area contributed by atoms with Crippen LogP contribution in [0.1, 0.15) is 19.8 Å². The Bertz CT molecular complexity index is 265. The molecule has 5 heteroatoms. The van der Waals surface area contributed by atoms with Crippen molar-refractivity contribution in [3.05, 3.63) is 16.0 Å². The van der Waals surface area contributed by atoms with Gasteiger partial charge in [-0.1, -0.05) is 13.3 Å². The molecule has 3 nitrogen and oxygen atoms in total. The minimum atomic E-state index is 0.155. The Balaban J connectivity index is 2.34. The quantitative estimate of drug-likeness (QED) is 0.668. The van der Waals surface area contributed by atoms with Gasteiger partial charge in [0.1, 0.15) is 0 Å². The van der Waals surface area contributed by atoms with Crippen LogP contribution in [0.4, 0.5) is 5.95 Å². The molecule has 0 aliphatic carbocycles. The van der Waals surface area contributed by atoms with Gasteiger partial charge in [0.15, 0.2) is 0 Å². The van der Waals surface area contributed by atoms with Crippen molar-refractivity contribution >= 4 is 40.1 Å². The summed E-state index contributed by atoms with van der Waals surface area (Å²) in [6.07, 6.45) is 5.67. The number of anilines is 1. The van der Waals surface area contributed by atoms with E-state index in [0.29, 0.717) is 5.95 Å². The van der Waals surface area contributed by atoms with Gasteiger partial charge in [0, 0.05) is 22.5 Å². The number of halogens is 2. The molecular formula is C9H13ClIN3. The zero-order chi connectivity index (χ0) is 10.4. The Morgan fingerprint density at radius 3 is 2.71 bits per heavy atom. The van der Waals surface area contributed by atoms with Crippen molar-refractivity contribution in [2.24, 2.45) is 0 Å². The maximum atomic E-state index is 6.04. The number of rotatable bonds is 5. The van der Waals surface area contributed by atoms with Crippen LogP contribution in [-0.4, -0.2) is 21.9 Å². The fourth-order valence-electron chi connectivity index (χ4n) is 1.02. The highest BCUT2D eigenvalue weighted by Gasteiger charge is 2.03. The maximum absolute atomic E-state index is 6.04. The number of alkyl halides is 1. The van der Waals surface area contributed by atoms with E-state index in [2.05, 4.69) is 44.8 Å². The van der Waals surface area contributed by atoms with Crippen LogP contribution in [0.15, 0.2) is 12.4 Å². The molecule has 0 saturated heterocycles. The van der Waals surface area contributed by atoms with E-state index in [-0.39, 0.29) is 5.38 Å². The summed E-state index contributed by atoms with van der Waals surface area (Å²) in [4.78, 5) is 8.24. The van der Waals surface area contributed by atoms with Crippen LogP contribution in [0.3, 0.4) is 0 Å². The van der Waals surface area contributed by atoms with E-state index < -0.39 is 0 Å². The smallest absolute Gasteiger partial charge is 0.222 e. The van der Waals surface area contributed by atoms with E-state index in [1.165, 1.54) is 0 Å². The molecule has 78 valence electrons. The monoisotopic (exact) mass is 325 g/mol. The second kappa shape index (κ2) is 6.40. The van der Waals surface area contributed by atoms with Gasteiger partial charge in [-0.2, -0.15) is 0 Å². The third kappa shape index (κ3) is 4.41. The molecule has 0 aromatic carbocycles. The number of aromatic nitrogens is 2. The van der Waals surface area contributed by atoms with Crippen molar-refractivity contribution in [3.8, 4) is 0 Å². The van der Waals surface area contributed by atoms with Crippen LogP contribution < -0.4 is 5.32 Å². The molecule has 1 unspecified atom stereocenters. The van der Waals surface area contributed by atoms with Crippen molar-refractivity contribution in [3.63, 3.8) is 0 Å². The van der Waals surface area contributed by atoms with Crippen LogP contribution >= 0.6 is 34.2 Å². The summed E-state index contributed by atoms with van der Waals surface area (Å²) in [7, 11) is 0. The molecule has 0 amide bonds. The Kier molecular flexibility index (Phi) is 5.47. The minimum Gasteiger partial charge on any atom is -0.353 e. The van der Waals surface area contributed by atoms with Crippen molar-refractivity contribution in [1.29, 1.82) is 0 Å². The Morgan fingerprint density at radius 1 is 1.50 bits per heavy atom. The van der Waals surface area contributed by atoms with Crippen LogP contribution in [0.25, 0.3) is 0 Å². The molecule has 1 rings (SSSR count). The lowest BCUT2D eigenvalue weighted by Gasteiger charge is -2.08. The highest BCUT2D eigenvalue weighted by Crippen LogP contribution is 2.07. The molecule has 1 atom stereocenters. The predicted octanol–water partition coefficient (Wildman–Crippen LogP) is 2.90. The van der Waals surface area contributed by atoms with Crippen molar-refractivity contribution in [2.45, 2.75) is 25.1 Å². The zero-order valence-electron chi connectivity index (χ0n) is 8.00. The summed E-state index contributed by atoms with van der Waals surface area (Å²) in [5.74, 6) is 0.646. The predicted molar refractivity (Wildman–Crippen MR) is 67.8 cm³/mol. The van der Waals surface area contributed by atoms with E-state index in [1.807, 2.05) is 0 Å².